The number of esters is 1. The molecule has 0 atom stereocenters. The highest BCUT2D eigenvalue weighted by Crippen LogP contribution is 2.35. The monoisotopic (exact) mass is 475 g/mol. The summed E-state index contributed by atoms with van der Waals surface area (Å²) in [6.45, 7) is 1.17. The molecule has 0 spiro atoms. The first kappa shape index (κ1) is 21.7. The number of nitrogens with zero attached hydrogens (tertiary/aromatic N) is 2. The Morgan fingerprint density at radius 1 is 1.06 bits per heavy atom. The van der Waals surface area contributed by atoms with Crippen molar-refractivity contribution >= 4 is 28.9 Å². The molecule has 0 bridgehead atoms. The highest BCUT2D eigenvalue weighted by Gasteiger charge is 2.21. The molecular weight excluding hydrogens is 454 g/mol. The van der Waals surface area contributed by atoms with E-state index in [4.69, 9.17) is 14.2 Å². The molecule has 1 aliphatic rings. The summed E-state index contributed by atoms with van der Waals surface area (Å²) >= 11 is 1.37. The lowest BCUT2D eigenvalue weighted by atomic mass is 10.1. The van der Waals surface area contributed by atoms with Crippen LogP contribution in [0.25, 0.3) is 11.3 Å². The van der Waals surface area contributed by atoms with Gasteiger partial charge in [0.25, 0.3) is 5.91 Å². The molecule has 9 heteroatoms. The minimum Gasteiger partial charge on any atom is -0.490 e. The highest BCUT2D eigenvalue weighted by molar-refractivity contribution is 7.12. The first-order chi connectivity index (χ1) is 16.6. The number of ether oxygens (including phenoxy) is 3. The third-order valence-electron chi connectivity index (χ3n) is 5.14. The van der Waals surface area contributed by atoms with Crippen LogP contribution in [0.4, 0.5) is 5.69 Å². The molecule has 0 aliphatic carbocycles. The Balaban J connectivity index is 1.32. The molecule has 0 saturated heterocycles. The first-order valence-corrected chi connectivity index (χ1v) is 11.6. The lowest BCUT2D eigenvalue weighted by Gasteiger charge is -2.09. The van der Waals surface area contributed by atoms with Crippen LogP contribution in [0.1, 0.15) is 26.5 Å². The van der Waals surface area contributed by atoms with Crippen molar-refractivity contribution in [1.82, 2.24) is 9.78 Å². The van der Waals surface area contributed by atoms with Gasteiger partial charge in [-0.05, 0) is 53.9 Å². The zero-order chi connectivity index (χ0) is 23.5. The summed E-state index contributed by atoms with van der Waals surface area (Å²) in [5.41, 5.74) is 2.14. The summed E-state index contributed by atoms with van der Waals surface area (Å²) in [6.07, 6.45) is 2.43. The van der Waals surface area contributed by atoms with E-state index in [1.165, 1.54) is 11.3 Å². The van der Waals surface area contributed by atoms with Gasteiger partial charge in [0.15, 0.2) is 11.5 Å². The van der Waals surface area contributed by atoms with E-state index in [0.717, 1.165) is 12.0 Å². The van der Waals surface area contributed by atoms with Crippen molar-refractivity contribution in [3.63, 3.8) is 0 Å². The van der Waals surface area contributed by atoms with Gasteiger partial charge in [-0.3, -0.25) is 9.48 Å². The molecule has 1 N–H and O–H groups in total. The van der Waals surface area contributed by atoms with E-state index in [2.05, 4.69) is 10.4 Å². The van der Waals surface area contributed by atoms with Crippen LogP contribution in [-0.4, -0.2) is 34.9 Å². The largest absolute Gasteiger partial charge is 0.490 e. The molecule has 3 heterocycles. The fraction of sp³-hybridized carbons (Fsp3) is 0.160. The van der Waals surface area contributed by atoms with Crippen molar-refractivity contribution in [2.45, 2.75) is 6.42 Å². The number of aryl methyl sites for hydroxylation is 1. The van der Waals surface area contributed by atoms with Crippen LogP contribution in [-0.2, 0) is 7.05 Å². The molecule has 34 heavy (non-hydrogen) atoms. The van der Waals surface area contributed by atoms with Gasteiger partial charge in [0.05, 0.1) is 18.1 Å². The molecule has 2 aromatic heterocycles. The smallest absolute Gasteiger partial charge is 0.347 e. The highest BCUT2D eigenvalue weighted by atomic mass is 32.1. The molecule has 172 valence electrons. The van der Waals surface area contributed by atoms with Crippen molar-refractivity contribution in [3.05, 3.63) is 76.6 Å². The quantitative estimate of drug-likeness (QED) is 0.330. The Kier molecular flexibility index (Phi) is 6.01. The molecule has 2 aromatic carbocycles. The maximum atomic E-state index is 13.0. The van der Waals surface area contributed by atoms with Crippen molar-refractivity contribution in [2.75, 3.05) is 18.5 Å². The minimum absolute atomic E-state index is 0.185. The second-order valence-corrected chi connectivity index (χ2v) is 8.57. The predicted molar refractivity (Wildman–Crippen MR) is 128 cm³/mol. The number of aromatic nitrogens is 2. The van der Waals surface area contributed by atoms with Crippen LogP contribution in [0, 0.1) is 0 Å². The second kappa shape index (κ2) is 9.40. The number of fused-ring (bicyclic) bond motifs is 1. The van der Waals surface area contributed by atoms with Gasteiger partial charge in [0.1, 0.15) is 17.0 Å². The van der Waals surface area contributed by atoms with Crippen molar-refractivity contribution < 1.29 is 23.8 Å². The van der Waals surface area contributed by atoms with Gasteiger partial charge in [-0.15, -0.1) is 11.3 Å². The average molecular weight is 476 g/mol. The van der Waals surface area contributed by atoms with Gasteiger partial charge in [-0.1, -0.05) is 6.07 Å². The zero-order valence-corrected chi connectivity index (χ0v) is 19.1. The van der Waals surface area contributed by atoms with Crippen LogP contribution in [0.2, 0.25) is 0 Å². The Hall–Kier alpha value is -4.11. The van der Waals surface area contributed by atoms with Crippen molar-refractivity contribution in [1.29, 1.82) is 0 Å². The molecule has 0 radical (unpaired) electrons. The van der Waals surface area contributed by atoms with Gasteiger partial charge in [-0.25, -0.2) is 4.79 Å². The van der Waals surface area contributed by atoms with E-state index in [1.54, 1.807) is 48.3 Å². The number of carbonyl (C=O) groups excluding carboxylic acids is 2. The standard InChI is InChI=1S/C25H21N3O5S/c1-28-15-19(23(27-28)16-5-10-20-21(14-16)32-12-3-11-31-20)25(30)33-18-8-6-17(7-9-18)26-24(29)22-4-2-13-34-22/h2,4-10,13-15H,3,11-12H2,1H3,(H,26,29). The van der Waals surface area contributed by atoms with E-state index in [-0.39, 0.29) is 5.91 Å². The maximum absolute atomic E-state index is 13.0. The fourth-order valence-electron chi connectivity index (χ4n) is 3.53. The number of anilines is 1. The zero-order valence-electron chi connectivity index (χ0n) is 18.3. The summed E-state index contributed by atoms with van der Waals surface area (Å²) in [6, 6.07) is 15.7. The number of nitrogens with one attached hydrogen (secondary N) is 1. The van der Waals surface area contributed by atoms with Crippen LogP contribution < -0.4 is 19.5 Å². The van der Waals surface area contributed by atoms with Crippen LogP contribution in [0.3, 0.4) is 0 Å². The van der Waals surface area contributed by atoms with E-state index in [0.29, 0.717) is 52.3 Å². The molecule has 1 aliphatic heterocycles. The van der Waals surface area contributed by atoms with Gasteiger partial charge in [0.2, 0.25) is 0 Å². The number of benzene rings is 2. The molecule has 5 rings (SSSR count). The topological polar surface area (TPSA) is 91.7 Å². The molecular formula is C25H21N3O5S. The molecule has 0 saturated carbocycles. The molecule has 0 fully saturated rings. The number of amides is 1. The first-order valence-electron chi connectivity index (χ1n) is 10.7. The second-order valence-electron chi connectivity index (χ2n) is 7.62. The third kappa shape index (κ3) is 4.65. The van der Waals surface area contributed by atoms with Crippen molar-refractivity contribution in [2.24, 2.45) is 7.05 Å². The van der Waals surface area contributed by atoms with Gasteiger partial charge >= 0.3 is 5.97 Å². The summed E-state index contributed by atoms with van der Waals surface area (Å²) in [7, 11) is 1.74. The van der Waals surface area contributed by atoms with Crippen LogP contribution in [0.15, 0.2) is 66.2 Å². The third-order valence-corrected chi connectivity index (χ3v) is 6.01. The Labute approximate surface area is 199 Å². The lowest BCUT2D eigenvalue weighted by Crippen LogP contribution is -2.11. The van der Waals surface area contributed by atoms with Crippen LogP contribution in [0.5, 0.6) is 17.2 Å². The van der Waals surface area contributed by atoms with E-state index < -0.39 is 5.97 Å². The van der Waals surface area contributed by atoms with Crippen LogP contribution >= 0.6 is 11.3 Å². The average Bonchev–Trinajstić information content (AvgIpc) is 3.45. The summed E-state index contributed by atoms with van der Waals surface area (Å²) in [4.78, 5) is 25.8. The summed E-state index contributed by atoms with van der Waals surface area (Å²) in [5.74, 6) is 0.931. The van der Waals surface area contributed by atoms with E-state index in [9.17, 15) is 9.59 Å². The van der Waals surface area contributed by atoms with E-state index >= 15 is 0 Å². The molecule has 8 nitrogen and oxygen atoms in total. The minimum atomic E-state index is -0.536. The Bertz CT molecular complexity index is 1330. The molecule has 0 unspecified atom stereocenters. The predicted octanol–water partition coefficient (Wildman–Crippen LogP) is 4.78. The normalized spacial score (nSPS) is 12.6. The number of carbonyl (C=O) groups is 2. The number of thiophene rings is 1. The fourth-order valence-corrected chi connectivity index (χ4v) is 4.15. The Morgan fingerprint density at radius 3 is 2.62 bits per heavy atom. The summed E-state index contributed by atoms with van der Waals surface area (Å²) < 4.78 is 18.6. The number of hydrogen-bond donors (Lipinski definition) is 1. The SMILES string of the molecule is Cn1cc(C(=O)Oc2ccc(NC(=O)c3cccs3)cc2)c(-c2ccc3c(c2)OCCCO3)n1. The molecule has 4 aromatic rings. The lowest BCUT2D eigenvalue weighted by molar-refractivity contribution is 0.0735. The Morgan fingerprint density at radius 2 is 1.85 bits per heavy atom. The number of hydrogen-bond acceptors (Lipinski definition) is 7. The summed E-state index contributed by atoms with van der Waals surface area (Å²) in [5, 5.41) is 9.12. The molecule has 1 amide bonds. The van der Waals surface area contributed by atoms with Crippen molar-refractivity contribution in [3.8, 4) is 28.5 Å². The van der Waals surface area contributed by atoms with E-state index in [1.807, 2.05) is 29.6 Å². The number of rotatable bonds is 5. The van der Waals surface area contributed by atoms with Gasteiger partial charge in [-0.2, -0.15) is 5.10 Å². The maximum Gasteiger partial charge on any atom is 0.347 e. The van der Waals surface area contributed by atoms with Gasteiger partial charge in [0, 0.05) is 30.9 Å². The van der Waals surface area contributed by atoms with Gasteiger partial charge < -0.3 is 19.5 Å².